The average Bonchev–Trinajstić information content (AvgIpc) is 3.39. The highest BCUT2D eigenvalue weighted by Gasteiger charge is 2.35. The number of nitrogens with zero attached hydrogens (tertiary/aromatic N) is 2. The Morgan fingerprint density at radius 2 is 2.04 bits per heavy atom. The number of carbonyl (C=O) groups excluding carboxylic acids is 2. The minimum absolute atomic E-state index is 0.0124. The van der Waals surface area contributed by atoms with E-state index in [0.29, 0.717) is 6.54 Å². The van der Waals surface area contributed by atoms with Gasteiger partial charge in [-0.25, -0.2) is 0 Å². The number of carbonyl (C=O) groups is 2. The molecule has 0 bridgehead atoms. The molecule has 1 aliphatic carbocycles. The Morgan fingerprint density at radius 1 is 1.15 bits per heavy atom. The summed E-state index contributed by atoms with van der Waals surface area (Å²) in [6.07, 6.45) is 5.34. The third-order valence-electron chi connectivity index (χ3n) is 5.60. The number of aromatic nitrogens is 2. The average molecular weight is 360 g/mol. The molecule has 0 saturated carbocycles. The fourth-order valence-corrected chi connectivity index (χ4v) is 4.12. The molecule has 1 saturated heterocycles. The second-order valence-electron chi connectivity index (χ2n) is 7.37. The lowest BCUT2D eigenvalue weighted by Gasteiger charge is -2.18. The maximum absolute atomic E-state index is 12.7. The predicted octanol–water partition coefficient (Wildman–Crippen LogP) is 3.04. The van der Waals surface area contributed by atoms with Gasteiger partial charge in [-0.2, -0.15) is 5.10 Å². The first-order valence-electron chi connectivity index (χ1n) is 9.33. The van der Waals surface area contributed by atoms with Crippen molar-refractivity contribution in [2.24, 2.45) is 5.92 Å². The van der Waals surface area contributed by atoms with Crippen molar-refractivity contribution in [1.29, 1.82) is 0 Å². The first-order valence-corrected chi connectivity index (χ1v) is 9.33. The quantitative estimate of drug-likeness (QED) is 0.754. The van der Waals surface area contributed by atoms with Gasteiger partial charge in [-0.1, -0.05) is 6.07 Å². The highest BCUT2D eigenvalue weighted by atomic mass is 16.2. The zero-order valence-electron chi connectivity index (χ0n) is 14.9. The van der Waals surface area contributed by atoms with Crippen LogP contribution in [0.5, 0.6) is 0 Å². The molecule has 0 unspecified atom stereocenters. The van der Waals surface area contributed by atoms with E-state index >= 15 is 0 Å². The number of hydrogen-bond acceptors (Lipinski definition) is 3. The van der Waals surface area contributed by atoms with Gasteiger partial charge in [0, 0.05) is 29.7 Å². The first-order chi connectivity index (χ1) is 13.2. The van der Waals surface area contributed by atoms with Crippen LogP contribution < -0.4 is 10.2 Å². The van der Waals surface area contributed by atoms with Crippen LogP contribution in [0.2, 0.25) is 0 Å². The number of nitrogens with one attached hydrogen (secondary N) is 2. The van der Waals surface area contributed by atoms with E-state index in [0.717, 1.165) is 35.1 Å². The molecule has 6 heteroatoms. The van der Waals surface area contributed by atoms with Gasteiger partial charge < -0.3 is 10.2 Å². The lowest BCUT2D eigenvalue weighted by molar-refractivity contribution is -0.122. The number of aryl methyl sites for hydroxylation is 2. The molecule has 2 aromatic carbocycles. The van der Waals surface area contributed by atoms with Crippen LogP contribution in [-0.4, -0.2) is 28.6 Å². The van der Waals surface area contributed by atoms with Crippen LogP contribution in [0.25, 0.3) is 10.9 Å². The summed E-state index contributed by atoms with van der Waals surface area (Å²) < 4.78 is 0. The van der Waals surface area contributed by atoms with Crippen LogP contribution in [-0.2, 0) is 22.4 Å². The molecule has 6 nitrogen and oxygen atoms in total. The molecule has 1 aromatic heterocycles. The van der Waals surface area contributed by atoms with Crippen molar-refractivity contribution in [3.8, 4) is 0 Å². The van der Waals surface area contributed by atoms with Crippen molar-refractivity contribution < 1.29 is 9.59 Å². The third-order valence-corrected chi connectivity index (χ3v) is 5.60. The lowest BCUT2D eigenvalue weighted by atomic mass is 10.1. The topological polar surface area (TPSA) is 78.1 Å². The molecular weight excluding hydrogens is 340 g/mol. The van der Waals surface area contributed by atoms with Gasteiger partial charge in [0.2, 0.25) is 11.8 Å². The predicted molar refractivity (Wildman–Crippen MR) is 104 cm³/mol. The number of rotatable bonds is 3. The third kappa shape index (κ3) is 2.87. The molecule has 2 heterocycles. The monoisotopic (exact) mass is 360 g/mol. The van der Waals surface area contributed by atoms with E-state index in [1.807, 2.05) is 24.3 Å². The van der Waals surface area contributed by atoms with Gasteiger partial charge in [0.25, 0.3) is 0 Å². The van der Waals surface area contributed by atoms with E-state index in [2.05, 4.69) is 27.6 Å². The highest BCUT2D eigenvalue weighted by Crippen LogP contribution is 2.31. The van der Waals surface area contributed by atoms with Gasteiger partial charge in [-0.15, -0.1) is 0 Å². The Hall–Kier alpha value is -3.15. The fraction of sp³-hybridized carbons (Fsp3) is 0.286. The minimum atomic E-state index is -0.342. The normalized spacial score (nSPS) is 18.9. The number of benzene rings is 2. The van der Waals surface area contributed by atoms with E-state index < -0.39 is 0 Å². The summed E-state index contributed by atoms with van der Waals surface area (Å²) in [4.78, 5) is 27.0. The van der Waals surface area contributed by atoms with Crippen molar-refractivity contribution in [3.63, 3.8) is 0 Å². The van der Waals surface area contributed by atoms with Crippen LogP contribution >= 0.6 is 0 Å². The Labute approximate surface area is 156 Å². The molecule has 5 rings (SSSR count). The van der Waals surface area contributed by atoms with E-state index in [9.17, 15) is 9.59 Å². The zero-order valence-corrected chi connectivity index (χ0v) is 14.9. The number of anilines is 2. The van der Waals surface area contributed by atoms with Crippen molar-refractivity contribution in [1.82, 2.24) is 10.2 Å². The van der Waals surface area contributed by atoms with Crippen LogP contribution in [0.3, 0.4) is 0 Å². The summed E-state index contributed by atoms with van der Waals surface area (Å²) in [5, 5.41) is 10.8. The second kappa shape index (κ2) is 6.23. The standard InChI is InChI=1S/C21H20N4O2/c26-20-10-16(12-25(20)18-6-4-13-2-1-3-14(13)9-18)21(27)23-17-5-7-19-15(8-17)11-22-24-19/h4-9,11,16H,1-3,10,12H2,(H,22,24)(H,23,27)/t16-/m1/s1. The number of fused-ring (bicyclic) bond motifs is 2. The number of aromatic amines is 1. The Balaban J connectivity index is 1.31. The van der Waals surface area contributed by atoms with Gasteiger partial charge in [0.15, 0.2) is 0 Å². The van der Waals surface area contributed by atoms with Crippen molar-refractivity contribution in [2.75, 3.05) is 16.8 Å². The molecule has 1 aliphatic heterocycles. The molecule has 0 radical (unpaired) electrons. The molecule has 27 heavy (non-hydrogen) atoms. The van der Waals surface area contributed by atoms with Crippen LogP contribution in [0, 0.1) is 5.92 Å². The minimum Gasteiger partial charge on any atom is -0.326 e. The molecule has 1 fully saturated rings. The van der Waals surface area contributed by atoms with Crippen molar-refractivity contribution in [3.05, 3.63) is 53.7 Å². The Kier molecular flexibility index (Phi) is 3.70. The smallest absolute Gasteiger partial charge is 0.229 e. The van der Waals surface area contributed by atoms with E-state index in [-0.39, 0.29) is 24.2 Å². The summed E-state index contributed by atoms with van der Waals surface area (Å²) in [7, 11) is 0. The molecule has 0 spiro atoms. The molecule has 3 aromatic rings. The SMILES string of the molecule is O=C(Nc1ccc2[nH]ncc2c1)[C@@H]1CC(=O)N(c2ccc3c(c2)CCC3)C1. The van der Waals surface area contributed by atoms with E-state index in [1.54, 1.807) is 11.1 Å². The molecule has 2 N–H and O–H groups in total. The van der Waals surface area contributed by atoms with Crippen LogP contribution in [0.15, 0.2) is 42.6 Å². The number of hydrogen-bond donors (Lipinski definition) is 2. The van der Waals surface area contributed by atoms with Gasteiger partial charge in [0.05, 0.1) is 17.6 Å². The van der Waals surface area contributed by atoms with Gasteiger partial charge in [0.1, 0.15) is 0 Å². The Bertz CT molecular complexity index is 1060. The van der Waals surface area contributed by atoms with Crippen LogP contribution in [0.1, 0.15) is 24.0 Å². The number of H-pyrrole nitrogens is 1. The largest absolute Gasteiger partial charge is 0.326 e. The maximum Gasteiger partial charge on any atom is 0.229 e. The van der Waals surface area contributed by atoms with Gasteiger partial charge in [-0.3, -0.25) is 14.7 Å². The number of amides is 2. The van der Waals surface area contributed by atoms with E-state index in [4.69, 9.17) is 0 Å². The van der Waals surface area contributed by atoms with Crippen molar-refractivity contribution >= 4 is 34.1 Å². The molecule has 2 amide bonds. The van der Waals surface area contributed by atoms with Gasteiger partial charge >= 0.3 is 0 Å². The molecule has 2 aliphatic rings. The second-order valence-corrected chi connectivity index (χ2v) is 7.37. The maximum atomic E-state index is 12.7. The summed E-state index contributed by atoms with van der Waals surface area (Å²) >= 11 is 0. The van der Waals surface area contributed by atoms with E-state index in [1.165, 1.54) is 17.5 Å². The zero-order chi connectivity index (χ0) is 18.4. The summed E-state index contributed by atoms with van der Waals surface area (Å²) in [5.41, 5.74) is 5.27. The van der Waals surface area contributed by atoms with Crippen molar-refractivity contribution in [2.45, 2.75) is 25.7 Å². The molecule has 136 valence electrons. The summed E-state index contributed by atoms with van der Waals surface area (Å²) in [6, 6.07) is 11.9. The fourth-order valence-electron chi connectivity index (χ4n) is 4.12. The summed E-state index contributed by atoms with van der Waals surface area (Å²) in [5.74, 6) is -0.445. The first kappa shape index (κ1) is 16.1. The lowest BCUT2D eigenvalue weighted by Crippen LogP contribution is -2.28. The molecule has 1 atom stereocenters. The summed E-state index contributed by atoms with van der Waals surface area (Å²) in [6.45, 7) is 0.428. The highest BCUT2D eigenvalue weighted by molar-refractivity contribution is 6.04. The Morgan fingerprint density at radius 3 is 2.96 bits per heavy atom. The van der Waals surface area contributed by atoms with Crippen LogP contribution in [0.4, 0.5) is 11.4 Å². The molecular formula is C21H20N4O2. The van der Waals surface area contributed by atoms with Gasteiger partial charge in [-0.05, 0) is 60.7 Å².